The van der Waals surface area contributed by atoms with E-state index in [0.29, 0.717) is 23.6 Å². The third kappa shape index (κ3) is 2.81. The molecule has 0 aliphatic carbocycles. The van der Waals surface area contributed by atoms with E-state index in [1.54, 1.807) is 36.6 Å². The van der Waals surface area contributed by atoms with Gasteiger partial charge in [0, 0.05) is 17.5 Å². The van der Waals surface area contributed by atoms with Gasteiger partial charge in [-0.15, -0.1) is 11.3 Å². The summed E-state index contributed by atoms with van der Waals surface area (Å²) in [5.41, 5.74) is 6.88. The van der Waals surface area contributed by atoms with Crippen LogP contribution in [0.5, 0.6) is 5.75 Å². The summed E-state index contributed by atoms with van der Waals surface area (Å²) >= 11 is 1.62. The highest BCUT2D eigenvalue weighted by atomic mass is 32.1. The summed E-state index contributed by atoms with van der Waals surface area (Å²) in [6, 6.07) is 8.96. The summed E-state index contributed by atoms with van der Waals surface area (Å²) < 4.78 is 5.62. The molecule has 2 rings (SSSR count). The normalized spacial score (nSPS) is 10.1. The largest absolute Gasteiger partial charge is 0.486 e. The number of nitrogens with one attached hydrogen (secondary N) is 1. The summed E-state index contributed by atoms with van der Waals surface area (Å²) in [6.07, 6.45) is 0. The van der Waals surface area contributed by atoms with Gasteiger partial charge in [-0.3, -0.25) is 4.79 Å². The van der Waals surface area contributed by atoms with Crippen LogP contribution in [0.3, 0.4) is 0 Å². The van der Waals surface area contributed by atoms with Gasteiger partial charge in [-0.1, -0.05) is 6.07 Å². The van der Waals surface area contributed by atoms with E-state index in [2.05, 4.69) is 5.32 Å². The van der Waals surface area contributed by atoms with Crippen molar-refractivity contribution < 1.29 is 9.53 Å². The fraction of sp³-hybridized carbons (Fsp3) is 0.154. The number of anilines is 1. The molecule has 0 bridgehead atoms. The second kappa shape index (κ2) is 5.55. The van der Waals surface area contributed by atoms with E-state index < -0.39 is 0 Å². The van der Waals surface area contributed by atoms with Crippen LogP contribution in [0.25, 0.3) is 0 Å². The Bertz CT molecular complexity index is 538. The lowest BCUT2D eigenvalue weighted by molar-refractivity contribution is 0.0962. The Morgan fingerprint density at radius 2 is 2.28 bits per heavy atom. The van der Waals surface area contributed by atoms with Crippen molar-refractivity contribution in [2.45, 2.75) is 6.61 Å². The third-order valence-corrected chi connectivity index (χ3v) is 3.30. The molecule has 0 saturated heterocycles. The minimum Gasteiger partial charge on any atom is -0.486 e. The first-order valence-corrected chi connectivity index (χ1v) is 6.35. The summed E-state index contributed by atoms with van der Waals surface area (Å²) in [6.45, 7) is 0.457. The standard InChI is InChI=1S/C13H14N2O2S/c1-15-13(16)9-4-5-11(14)12(7-9)17-8-10-3-2-6-18-10/h2-7H,8,14H2,1H3,(H,15,16). The molecule has 0 fully saturated rings. The number of thiophene rings is 1. The number of hydrogen-bond donors (Lipinski definition) is 2. The Balaban J connectivity index is 2.13. The zero-order valence-electron chi connectivity index (χ0n) is 9.97. The van der Waals surface area contributed by atoms with Gasteiger partial charge in [0.2, 0.25) is 0 Å². The number of nitrogen functional groups attached to an aromatic ring is 1. The molecule has 1 aromatic heterocycles. The van der Waals surface area contributed by atoms with E-state index in [4.69, 9.17) is 10.5 Å². The van der Waals surface area contributed by atoms with Crippen molar-refractivity contribution in [2.75, 3.05) is 12.8 Å². The first-order valence-electron chi connectivity index (χ1n) is 5.47. The maximum atomic E-state index is 11.5. The van der Waals surface area contributed by atoms with Crippen LogP contribution in [-0.4, -0.2) is 13.0 Å². The quantitative estimate of drug-likeness (QED) is 0.831. The van der Waals surface area contributed by atoms with E-state index >= 15 is 0 Å². The maximum absolute atomic E-state index is 11.5. The second-order valence-electron chi connectivity index (χ2n) is 3.70. The van der Waals surface area contributed by atoms with Crippen molar-refractivity contribution in [3.63, 3.8) is 0 Å². The van der Waals surface area contributed by atoms with Crippen LogP contribution in [-0.2, 0) is 6.61 Å². The number of carbonyl (C=O) groups excluding carboxylic acids is 1. The molecule has 1 aromatic carbocycles. The topological polar surface area (TPSA) is 64.4 Å². The van der Waals surface area contributed by atoms with Gasteiger partial charge in [0.25, 0.3) is 5.91 Å². The van der Waals surface area contributed by atoms with Gasteiger partial charge in [-0.2, -0.15) is 0 Å². The van der Waals surface area contributed by atoms with Gasteiger partial charge < -0.3 is 15.8 Å². The number of benzene rings is 1. The van der Waals surface area contributed by atoms with Gasteiger partial charge in [-0.05, 0) is 29.6 Å². The lowest BCUT2D eigenvalue weighted by atomic mass is 10.2. The molecule has 94 valence electrons. The molecule has 2 aromatic rings. The Kier molecular flexibility index (Phi) is 3.84. The molecule has 0 saturated carbocycles. The van der Waals surface area contributed by atoms with Crippen LogP contribution in [0.1, 0.15) is 15.2 Å². The first-order chi connectivity index (χ1) is 8.70. The van der Waals surface area contributed by atoms with Crippen LogP contribution in [0, 0.1) is 0 Å². The zero-order chi connectivity index (χ0) is 13.0. The van der Waals surface area contributed by atoms with E-state index in [-0.39, 0.29) is 5.91 Å². The summed E-state index contributed by atoms with van der Waals surface area (Å²) in [7, 11) is 1.59. The molecule has 5 heteroatoms. The molecule has 0 aliphatic rings. The van der Waals surface area contributed by atoms with Crippen LogP contribution in [0.15, 0.2) is 35.7 Å². The maximum Gasteiger partial charge on any atom is 0.251 e. The summed E-state index contributed by atoms with van der Waals surface area (Å²) in [4.78, 5) is 12.6. The monoisotopic (exact) mass is 262 g/mol. The fourth-order valence-electron chi connectivity index (χ4n) is 1.49. The Hall–Kier alpha value is -2.01. The average molecular weight is 262 g/mol. The van der Waals surface area contributed by atoms with E-state index in [1.807, 2.05) is 17.5 Å². The molecule has 0 atom stereocenters. The molecule has 1 heterocycles. The highest BCUT2D eigenvalue weighted by Crippen LogP contribution is 2.24. The van der Waals surface area contributed by atoms with Crippen molar-refractivity contribution in [1.82, 2.24) is 5.32 Å². The highest BCUT2D eigenvalue weighted by Gasteiger charge is 2.08. The Labute approximate surface area is 109 Å². The first kappa shape index (κ1) is 12.4. The molecular weight excluding hydrogens is 248 g/mol. The van der Waals surface area contributed by atoms with Gasteiger partial charge in [0.15, 0.2) is 0 Å². The predicted octanol–water partition coefficient (Wildman–Crippen LogP) is 2.27. The second-order valence-corrected chi connectivity index (χ2v) is 4.73. The number of nitrogens with two attached hydrogens (primary N) is 1. The molecule has 0 radical (unpaired) electrons. The summed E-state index contributed by atoms with van der Waals surface area (Å²) in [5.74, 6) is 0.375. The SMILES string of the molecule is CNC(=O)c1ccc(N)c(OCc2cccs2)c1. The highest BCUT2D eigenvalue weighted by molar-refractivity contribution is 7.09. The molecule has 4 nitrogen and oxygen atoms in total. The predicted molar refractivity (Wildman–Crippen MR) is 72.9 cm³/mol. The van der Waals surface area contributed by atoms with Gasteiger partial charge in [0.1, 0.15) is 12.4 Å². The molecule has 1 amide bonds. The third-order valence-electron chi connectivity index (χ3n) is 2.45. The molecule has 3 N–H and O–H groups in total. The number of ether oxygens (including phenoxy) is 1. The van der Waals surface area contributed by atoms with E-state index in [1.165, 1.54) is 0 Å². The zero-order valence-corrected chi connectivity index (χ0v) is 10.8. The van der Waals surface area contributed by atoms with Crippen LogP contribution < -0.4 is 15.8 Å². The van der Waals surface area contributed by atoms with Crippen LogP contribution in [0.2, 0.25) is 0 Å². The van der Waals surface area contributed by atoms with Gasteiger partial charge >= 0.3 is 0 Å². The van der Waals surface area contributed by atoms with Gasteiger partial charge in [0.05, 0.1) is 5.69 Å². The number of carbonyl (C=O) groups is 1. The molecule has 0 spiro atoms. The van der Waals surface area contributed by atoms with Crippen molar-refractivity contribution in [1.29, 1.82) is 0 Å². The molecule has 0 aliphatic heterocycles. The fourth-order valence-corrected chi connectivity index (χ4v) is 2.10. The van der Waals surface area contributed by atoms with Gasteiger partial charge in [-0.25, -0.2) is 0 Å². The number of hydrogen-bond acceptors (Lipinski definition) is 4. The molecular formula is C13H14N2O2S. The number of amides is 1. The smallest absolute Gasteiger partial charge is 0.251 e. The lowest BCUT2D eigenvalue weighted by Gasteiger charge is -2.09. The minimum absolute atomic E-state index is 0.157. The van der Waals surface area contributed by atoms with E-state index in [0.717, 1.165) is 4.88 Å². The lowest BCUT2D eigenvalue weighted by Crippen LogP contribution is -2.17. The Morgan fingerprint density at radius 3 is 2.94 bits per heavy atom. The van der Waals surface area contributed by atoms with E-state index in [9.17, 15) is 4.79 Å². The van der Waals surface area contributed by atoms with Crippen molar-refractivity contribution in [3.8, 4) is 5.75 Å². The van der Waals surface area contributed by atoms with Crippen LogP contribution >= 0.6 is 11.3 Å². The van der Waals surface area contributed by atoms with Crippen molar-refractivity contribution in [3.05, 3.63) is 46.2 Å². The summed E-state index contributed by atoms with van der Waals surface area (Å²) in [5, 5.41) is 4.55. The molecule has 18 heavy (non-hydrogen) atoms. The van der Waals surface area contributed by atoms with Crippen LogP contribution in [0.4, 0.5) is 5.69 Å². The molecule has 0 unspecified atom stereocenters. The number of rotatable bonds is 4. The van der Waals surface area contributed by atoms with Crippen molar-refractivity contribution in [2.24, 2.45) is 0 Å². The minimum atomic E-state index is -0.157. The average Bonchev–Trinajstić information content (AvgIpc) is 2.90. The Morgan fingerprint density at radius 1 is 1.44 bits per heavy atom. The van der Waals surface area contributed by atoms with Crippen molar-refractivity contribution >= 4 is 22.9 Å².